The molecule has 2 amide bonds. The molecule has 10 heteroatoms. The number of hydrogen-bond donors (Lipinski definition) is 1. The predicted molar refractivity (Wildman–Crippen MR) is 115 cm³/mol. The van der Waals surface area contributed by atoms with Crippen LogP contribution in [-0.4, -0.2) is 51.0 Å². The van der Waals surface area contributed by atoms with E-state index >= 15 is 0 Å². The van der Waals surface area contributed by atoms with Gasteiger partial charge in [-0.1, -0.05) is 29.8 Å². The Morgan fingerprint density at radius 2 is 1.97 bits per heavy atom. The second kappa shape index (κ2) is 7.92. The first-order valence-electron chi connectivity index (χ1n) is 8.97. The summed E-state index contributed by atoms with van der Waals surface area (Å²) in [6.07, 6.45) is 3.00. The van der Waals surface area contributed by atoms with Gasteiger partial charge in [0, 0.05) is 24.5 Å². The summed E-state index contributed by atoms with van der Waals surface area (Å²) in [5.74, 6) is -2.02. The highest BCUT2D eigenvalue weighted by Crippen LogP contribution is 2.45. The fraction of sp³-hybridized carbons (Fsp3) is 0.150. The second-order valence-corrected chi connectivity index (χ2v) is 7.76. The zero-order chi connectivity index (χ0) is 21.4. The molecule has 30 heavy (non-hydrogen) atoms. The predicted octanol–water partition coefficient (Wildman–Crippen LogP) is 3.16. The van der Waals surface area contributed by atoms with Crippen molar-refractivity contribution in [2.75, 3.05) is 18.0 Å². The molecule has 0 bridgehead atoms. The van der Waals surface area contributed by atoms with E-state index < -0.39 is 18.4 Å². The molecule has 1 aromatic carbocycles. The van der Waals surface area contributed by atoms with Gasteiger partial charge in [0.2, 0.25) is 0 Å². The number of thioether (sulfide) groups is 1. The van der Waals surface area contributed by atoms with E-state index in [0.717, 1.165) is 11.8 Å². The fourth-order valence-corrected chi connectivity index (χ4v) is 4.58. The van der Waals surface area contributed by atoms with Crippen molar-refractivity contribution in [3.05, 3.63) is 58.2 Å². The van der Waals surface area contributed by atoms with Gasteiger partial charge >= 0.3 is 5.97 Å². The number of benzene rings is 1. The maximum absolute atomic E-state index is 13.1. The van der Waals surface area contributed by atoms with Crippen molar-refractivity contribution in [3.63, 3.8) is 0 Å². The second-order valence-electron chi connectivity index (χ2n) is 6.38. The van der Waals surface area contributed by atoms with Crippen LogP contribution in [0.2, 0.25) is 5.02 Å². The molecule has 3 heterocycles. The Morgan fingerprint density at radius 3 is 2.67 bits per heavy atom. The van der Waals surface area contributed by atoms with Gasteiger partial charge in [0.15, 0.2) is 5.17 Å². The van der Waals surface area contributed by atoms with E-state index in [2.05, 4.69) is 9.98 Å². The van der Waals surface area contributed by atoms with Crippen molar-refractivity contribution in [2.45, 2.75) is 6.92 Å². The molecule has 1 aromatic heterocycles. The lowest BCUT2D eigenvalue weighted by Crippen LogP contribution is -2.33. The first-order valence-corrected chi connectivity index (χ1v) is 10.2. The van der Waals surface area contributed by atoms with Crippen molar-refractivity contribution in [1.29, 1.82) is 0 Å². The summed E-state index contributed by atoms with van der Waals surface area (Å²) in [5.41, 5.74) is 1.63. The van der Waals surface area contributed by atoms with Crippen LogP contribution in [0.25, 0.3) is 5.57 Å². The number of pyridine rings is 1. The average molecular weight is 443 g/mol. The highest BCUT2D eigenvalue weighted by atomic mass is 35.5. The minimum absolute atomic E-state index is 0.186. The summed E-state index contributed by atoms with van der Waals surface area (Å²) < 4.78 is 0. The van der Waals surface area contributed by atoms with Gasteiger partial charge in [-0.3, -0.25) is 29.2 Å². The Morgan fingerprint density at radius 1 is 1.20 bits per heavy atom. The molecule has 1 N–H and O–H groups in total. The number of fused-ring (bicyclic) bond motifs is 1. The van der Waals surface area contributed by atoms with E-state index in [1.165, 1.54) is 16.0 Å². The van der Waals surface area contributed by atoms with Crippen LogP contribution in [0, 0.1) is 0 Å². The van der Waals surface area contributed by atoms with Gasteiger partial charge in [-0.25, -0.2) is 4.99 Å². The van der Waals surface area contributed by atoms with Gasteiger partial charge in [-0.15, -0.1) is 0 Å². The molecule has 0 unspecified atom stereocenters. The van der Waals surface area contributed by atoms with Gasteiger partial charge in [0.1, 0.15) is 6.54 Å². The van der Waals surface area contributed by atoms with Gasteiger partial charge in [-0.05, 0) is 30.8 Å². The standard InChI is InChI=1S/C20H15ClN4O4S/c1-2-24-19(29)17(30-20(24)23-13-7-8-22-9-12(13)21)16-11-5-3-4-6-14(11)25(18(16)28)10-15(26)27/h3-9H,2,10H2,1H3,(H,26,27)/b17-16-,23-20?. The zero-order valence-electron chi connectivity index (χ0n) is 15.7. The Hall–Kier alpha value is -3.17. The van der Waals surface area contributed by atoms with Crippen molar-refractivity contribution >= 4 is 63.3 Å². The fourth-order valence-electron chi connectivity index (χ4n) is 3.27. The summed E-state index contributed by atoms with van der Waals surface area (Å²) in [6.45, 7) is 1.66. The first-order chi connectivity index (χ1) is 14.4. The zero-order valence-corrected chi connectivity index (χ0v) is 17.3. The number of nitrogens with zero attached hydrogens (tertiary/aromatic N) is 4. The molecule has 0 spiro atoms. The first kappa shape index (κ1) is 20.1. The van der Waals surface area contributed by atoms with E-state index in [-0.39, 0.29) is 16.4 Å². The topological polar surface area (TPSA) is 103 Å². The molecule has 0 radical (unpaired) electrons. The van der Waals surface area contributed by atoms with Crippen LogP contribution in [0.5, 0.6) is 0 Å². The van der Waals surface area contributed by atoms with E-state index in [4.69, 9.17) is 11.6 Å². The van der Waals surface area contributed by atoms with Crippen LogP contribution < -0.4 is 4.90 Å². The number of anilines is 1. The van der Waals surface area contributed by atoms with Gasteiger partial charge < -0.3 is 5.11 Å². The lowest BCUT2D eigenvalue weighted by atomic mass is 10.1. The normalized spacial score (nSPS) is 19.7. The number of hydrogen-bond acceptors (Lipinski definition) is 6. The molecule has 0 aliphatic carbocycles. The third-order valence-corrected chi connectivity index (χ3v) is 5.96. The monoisotopic (exact) mass is 442 g/mol. The number of amidine groups is 1. The summed E-state index contributed by atoms with van der Waals surface area (Å²) in [6, 6.07) is 8.46. The smallest absolute Gasteiger partial charge is 0.323 e. The Bertz CT molecular complexity index is 1150. The maximum Gasteiger partial charge on any atom is 0.323 e. The van der Waals surface area contributed by atoms with Gasteiger partial charge in [0.05, 0.1) is 26.9 Å². The van der Waals surface area contributed by atoms with Crippen LogP contribution in [0.15, 0.2) is 52.6 Å². The Balaban J connectivity index is 1.83. The van der Waals surface area contributed by atoms with Crippen LogP contribution in [-0.2, 0) is 14.4 Å². The molecule has 1 fully saturated rings. The third-order valence-electron chi connectivity index (χ3n) is 4.59. The molecule has 0 saturated carbocycles. The number of carboxylic acid groups (broad SMARTS) is 1. The molecule has 1 saturated heterocycles. The molecule has 0 atom stereocenters. The lowest BCUT2D eigenvalue weighted by Gasteiger charge is -2.13. The summed E-state index contributed by atoms with van der Waals surface area (Å²) in [4.78, 5) is 48.7. The largest absolute Gasteiger partial charge is 0.480 e. The quantitative estimate of drug-likeness (QED) is 0.729. The van der Waals surface area contributed by atoms with Crippen molar-refractivity contribution in [3.8, 4) is 0 Å². The van der Waals surface area contributed by atoms with Gasteiger partial charge in [-0.2, -0.15) is 0 Å². The Labute approximate surface area is 180 Å². The van der Waals surface area contributed by atoms with Crippen molar-refractivity contribution in [2.24, 2.45) is 4.99 Å². The summed E-state index contributed by atoms with van der Waals surface area (Å²) in [5, 5.41) is 9.93. The number of halogens is 1. The number of likely N-dealkylation sites (N-methyl/N-ethyl adjacent to an activating group) is 1. The minimum Gasteiger partial charge on any atom is -0.480 e. The van der Waals surface area contributed by atoms with E-state index in [1.807, 2.05) is 0 Å². The number of rotatable bonds is 4. The molecule has 2 aliphatic heterocycles. The molecule has 2 aromatic rings. The molecular weight excluding hydrogens is 428 g/mol. The summed E-state index contributed by atoms with van der Waals surface area (Å²) in [7, 11) is 0. The molecule has 8 nitrogen and oxygen atoms in total. The number of carbonyl (C=O) groups excluding carboxylic acids is 2. The SMILES string of the molecule is CCN1C(=O)/C(=C2/C(=O)N(CC(=O)O)c3ccccc32)SC1=Nc1ccncc1Cl. The van der Waals surface area contributed by atoms with Gasteiger partial charge in [0.25, 0.3) is 11.8 Å². The lowest BCUT2D eigenvalue weighted by molar-refractivity contribution is -0.136. The third kappa shape index (κ3) is 3.35. The maximum atomic E-state index is 13.1. The number of aromatic nitrogens is 1. The summed E-state index contributed by atoms with van der Waals surface area (Å²) >= 11 is 7.21. The number of amides is 2. The van der Waals surface area contributed by atoms with Crippen molar-refractivity contribution in [1.82, 2.24) is 9.88 Å². The number of para-hydroxylation sites is 1. The average Bonchev–Trinajstić information content (AvgIpc) is 3.17. The molecule has 2 aliphatic rings. The van der Waals surface area contributed by atoms with E-state index in [9.17, 15) is 19.5 Å². The molecular formula is C20H15ClN4O4S. The number of aliphatic imine (C=N–C) groups is 1. The number of carbonyl (C=O) groups is 3. The minimum atomic E-state index is -1.14. The highest BCUT2D eigenvalue weighted by Gasteiger charge is 2.42. The van der Waals surface area contributed by atoms with Crippen LogP contribution in [0.3, 0.4) is 0 Å². The molecule has 152 valence electrons. The number of aliphatic carboxylic acids is 1. The van der Waals surface area contributed by atoms with Crippen LogP contribution >= 0.6 is 23.4 Å². The highest BCUT2D eigenvalue weighted by molar-refractivity contribution is 8.18. The molecule has 4 rings (SSSR count). The van der Waals surface area contributed by atoms with Crippen molar-refractivity contribution < 1.29 is 19.5 Å². The van der Waals surface area contributed by atoms with Crippen LogP contribution in [0.1, 0.15) is 12.5 Å². The van der Waals surface area contributed by atoms with E-state index in [1.54, 1.807) is 43.5 Å². The Kier molecular flexibility index (Phi) is 5.31. The van der Waals surface area contributed by atoms with E-state index in [0.29, 0.717) is 33.7 Å². The van der Waals surface area contributed by atoms with Crippen LogP contribution in [0.4, 0.5) is 11.4 Å². The number of carboxylic acids is 1.